The molecule has 0 unspecified atom stereocenters. The number of hydrogen-bond donors (Lipinski definition) is 1. The van der Waals surface area contributed by atoms with Crippen LogP contribution < -0.4 is 5.32 Å². The smallest absolute Gasteiger partial charge is 0.101 e. The zero-order valence-corrected chi connectivity index (χ0v) is 8.51. The van der Waals surface area contributed by atoms with Crippen molar-refractivity contribution in [3.63, 3.8) is 0 Å². The van der Waals surface area contributed by atoms with Crippen LogP contribution in [0.1, 0.15) is 24.8 Å². The highest BCUT2D eigenvalue weighted by Gasteiger charge is 2.19. The topological polar surface area (TPSA) is 35.8 Å². The van der Waals surface area contributed by atoms with E-state index in [-0.39, 0.29) is 0 Å². The first-order valence-corrected chi connectivity index (χ1v) is 5.14. The first-order valence-electron chi connectivity index (χ1n) is 4.76. The van der Waals surface area contributed by atoms with E-state index in [1.807, 2.05) is 6.07 Å². The van der Waals surface area contributed by atoms with Gasteiger partial charge in [0.1, 0.15) is 6.07 Å². The Labute approximate surface area is 88.5 Å². The second kappa shape index (κ2) is 3.89. The van der Waals surface area contributed by atoms with E-state index in [9.17, 15) is 0 Å². The maximum atomic E-state index is 8.90. The molecule has 1 N–H and O–H groups in total. The molecule has 1 saturated carbocycles. The second-order valence-corrected chi connectivity index (χ2v) is 3.95. The second-order valence-electron chi connectivity index (χ2n) is 3.55. The fourth-order valence-electron chi connectivity index (χ4n) is 1.52. The lowest BCUT2D eigenvalue weighted by molar-refractivity contribution is 0.445. The number of hydrogen-bond acceptors (Lipinski definition) is 2. The van der Waals surface area contributed by atoms with E-state index in [0.717, 1.165) is 5.69 Å². The van der Waals surface area contributed by atoms with Crippen LogP contribution in [0.4, 0.5) is 5.69 Å². The van der Waals surface area contributed by atoms with Crippen molar-refractivity contribution in [1.29, 1.82) is 5.26 Å². The van der Waals surface area contributed by atoms with Crippen molar-refractivity contribution in [1.82, 2.24) is 0 Å². The number of halogens is 1. The molecule has 0 bridgehead atoms. The highest BCUT2D eigenvalue weighted by atomic mass is 35.5. The molecule has 1 aliphatic rings. The Morgan fingerprint density at radius 2 is 2.21 bits per heavy atom. The van der Waals surface area contributed by atoms with Crippen LogP contribution in [-0.2, 0) is 0 Å². The molecule has 1 aromatic carbocycles. The van der Waals surface area contributed by atoms with Crippen LogP contribution in [0.3, 0.4) is 0 Å². The van der Waals surface area contributed by atoms with Crippen LogP contribution in [0.2, 0.25) is 5.02 Å². The van der Waals surface area contributed by atoms with Crippen molar-refractivity contribution < 1.29 is 0 Å². The normalized spacial score (nSPS) is 15.7. The number of nitriles is 1. The molecule has 1 aromatic rings. The number of nitrogens with one attached hydrogen (secondary N) is 1. The standard InChI is InChI=1S/C11H11ClN2/c12-10-6-1-3-8(7-13)11(10)14-9-4-2-5-9/h1,3,6,9,14H,2,4-5H2. The number of para-hydroxylation sites is 1. The van der Waals surface area contributed by atoms with E-state index < -0.39 is 0 Å². The Morgan fingerprint density at radius 3 is 2.79 bits per heavy atom. The van der Waals surface area contributed by atoms with Crippen molar-refractivity contribution in [3.05, 3.63) is 28.8 Å². The third-order valence-electron chi connectivity index (χ3n) is 2.59. The molecule has 1 aliphatic carbocycles. The molecule has 1 fully saturated rings. The van der Waals surface area contributed by atoms with Gasteiger partial charge in [-0.2, -0.15) is 5.26 Å². The van der Waals surface area contributed by atoms with E-state index in [1.54, 1.807) is 12.1 Å². The maximum absolute atomic E-state index is 8.90. The van der Waals surface area contributed by atoms with Crippen molar-refractivity contribution in [3.8, 4) is 6.07 Å². The van der Waals surface area contributed by atoms with Crippen LogP contribution in [0.15, 0.2) is 18.2 Å². The summed E-state index contributed by atoms with van der Waals surface area (Å²) in [7, 11) is 0. The minimum atomic E-state index is 0.502. The van der Waals surface area contributed by atoms with Crippen molar-refractivity contribution in [2.45, 2.75) is 25.3 Å². The van der Waals surface area contributed by atoms with Gasteiger partial charge in [0.25, 0.3) is 0 Å². The summed E-state index contributed by atoms with van der Waals surface area (Å²) in [4.78, 5) is 0. The molecule has 0 aromatic heterocycles. The van der Waals surface area contributed by atoms with Gasteiger partial charge in [-0.3, -0.25) is 0 Å². The molecule has 0 aliphatic heterocycles. The number of rotatable bonds is 2. The van der Waals surface area contributed by atoms with Gasteiger partial charge < -0.3 is 5.32 Å². The summed E-state index contributed by atoms with van der Waals surface area (Å²) in [5.41, 5.74) is 1.42. The van der Waals surface area contributed by atoms with Crippen LogP contribution in [0, 0.1) is 11.3 Å². The number of benzene rings is 1. The minimum absolute atomic E-state index is 0.502. The molecular weight excluding hydrogens is 196 g/mol. The molecule has 2 nitrogen and oxygen atoms in total. The molecule has 14 heavy (non-hydrogen) atoms. The maximum Gasteiger partial charge on any atom is 0.101 e. The largest absolute Gasteiger partial charge is 0.380 e. The van der Waals surface area contributed by atoms with Crippen molar-refractivity contribution >= 4 is 17.3 Å². The predicted octanol–water partition coefficient (Wildman–Crippen LogP) is 3.18. The van der Waals surface area contributed by atoms with E-state index in [0.29, 0.717) is 16.6 Å². The van der Waals surface area contributed by atoms with E-state index in [1.165, 1.54) is 19.3 Å². The number of anilines is 1. The van der Waals surface area contributed by atoms with Crippen molar-refractivity contribution in [2.75, 3.05) is 5.32 Å². The zero-order chi connectivity index (χ0) is 9.97. The molecule has 72 valence electrons. The molecule has 0 saturated heterocycles. The van der Waals surface area contributed by atoms with Gasteiger partial charge >= 0.3 is 0 Å². The van der Waals surface area contributed by atoms with Crippen molar-refractivity contribution in [2.24, 2.45) is 0 Å². The molecule has 0 atom stereocenters. The Kier molecular flexibility index (Phi) is 2.60. The average Bonchev–Trinajstić information content (AvgIpc) is 2.12. The molecule has 0 radical (unpaired) electrons. The summed E-state index contributed by atoms with van der Waals surface area (Å²) < 4.78 is 0. The van der Waals surface area contributed by atoms with Crippen LogP contribution in [0.25, 0.3) is 0 Å². The van der Waals surface area contributed by atoms with E-state index in [2.05, 4.69) is 11.4 Å². The Hall–Kier alpha value is -1.20. The summed E-state index contributed by atoms with van der Waals surface area (Å²) in [5.74, 6) is 0. The summed E-state index contributed by atoms with van der Waals surface area (Å²) in [6, 6.07) is 8.04. The summed E-state index contributed by atoms with van der Waals surface area (Å²) in [6.07, 6.45) is 3.62. The monoisotopic (exact) mass is 206 g/mol. The summed E-state index contributed by atoms with van der Waals surface area (Å²) >= 11 is 6.02. The highest BCUT2D eigenvalue weighted by Crippen LogP contribution is 2.30. The third-order valence-corrected chi connectivity index (χ3v) is 2.90. The lowest BCUT2D eigenvalue weighted by atomic mass is 9.92. The van der Waals surface area contributed by atoms with Gasteiger partial charge in [0.2, 0.25) is 0 Å². The van der Waals surface area contributed by atoms with Gasteiger partial charge in [-0.25, -0.2) is 0 Å². The average molecular weight is 207 g/mol. The lowest BCUT2D eigenvalue weighted by Crippen LogP contribution is -2.27. The van der Waals surface area contributed by atoms with Crippen LogP contribution in [0.5, 0.6) is 0 Å². The Morgan fingerprint density at radius 1 is 1.43 bits per heavy atom. The highest BCUT2D eigenvalue weighted by molar-refractivity contribution is 6.33. The van der Waals surface area contributed by atoms with E-state index >= 15 is 0 Å². The number of nitrogens with zero attached hydrogens (tertiary/aromatic N) is 1. The summed E-state index contributed by atoms with van der Waals surface area (Å²) in [6.45, 7) is 0. The molecule has 0 heterocycles. The van der Waals surface area contributed by atoms with Gasteiger partial charge in [0.05, 0.1) is 16.3 Å². The zero-order valence-electron chi connectivity index (χ0n) is 7.76. The first-order chi connectivity index (χ1) is 6.81. The Balaban J connectivity index is 2.25. The first kappa shape index (κ1) is 9.36. The van der Waals surface area contributed by atoms with Crippen LogP contribution in [-0.4, -0.2) is 6.04 Å². The summed E-state index contributed by atoms with van der Waals surface area (Å²) in [5, 5.41) is 12.8. The molecule has 3 heteroatoms. The van der Waals surface area contributed by atoms with E-state index in [4.69, 9.17) is 16.9 Å². The molecule has 0 spiro atoms. The SMILES string of the molecule is N#Cc1cccc(Cl)c1NC1CCC1. The van der Waals surface area contributed by atoms with Gasteiger partial charge in [-0.1, -0.05) is 17.7 Å². The quantitative estimate of drug-likeness (QED) is 0.807. The van der Waals surface area contributed by atoms with Gasteiger partial charge in [0, 0.05) is 6.04 Å². The lowest BCUT2D eigenvalue weighted by Gasteiger charge is -2.28. The molecule has 0 amide bonds. The van der Waals surface area contributed by atoms with Gasteiger partial charge in [-0.15, -0.1) is 0 Å². The van der Waals surface area contributed by atoms with Gasteiger partial charge in [-0.05, 0) is 31.4 Å². The van der Waals surface area contributed by atoms with Crippen LogP contribution >= 0.6 is 11.6 Å². The molecular formula is C11H11ClN2. The van der Waals surface area contributed by atoms with Gasteiger partial charge in [0.15, 0.2) is 0 Å². The predicted molar refractivity (Wildman–Crippen MR) is 57.4 cm³/mol. The Bertz CT molecular complexity index is 377. The molecule has 2 rings (SSSR count). The fraction of sp³-hybridized carbons (Fsp3) is 0.364. The minimum Gasteiger partial charge on any atom is -0.380 e. The third kappa shape index (κ3) is 1.69. The fourth-order valence-corrected chi connectivity index (χ4v) is 1.75.